The summed E-state index contributed by atoms with van der Waals surface area (Å²) < 4.78 is 0. The summed E-state index contributed by atoms with van der Waals surface area (Å²) in [5.41, 5.74) is 0.588. The van der Waals surface area contributed by atoms with Crippen LogP contribution in [0.2, 0.25) is 0 Å². The maximum absolute atomic E-state index is 2.40. The predicted molar refractivity (Wildman–Crippen MR) is 49.5 cm³/mol. The molecule has 0 N–H and O–H groups in total. The Morgan fingerprint density at radius 1 is 1.30 bits per heavy atom. The highest BCUT2D eigenvalue weighted by Gasteiger charge is 2.33. The molecule has 0 spiro atoms. The van der Waals surface area contributed by atoms with Crippen LogP contribution in [0.5, 0.6) is 0 Å². The zero-order chi connectivity index (χ0) is 7.78. The van der Waals surface area contributed by atoms with Crippen molar-refractivity contribution in [3.8, 4) is 0 Å². The van der Waals surface area contributed by atoms with Gasteiger partial charge in [-0.2, -0.15) is 11.8 Å². The molecule has 1 saturated heterocycles. The minimum atomic E-state index is 0.588. The Kier molecular flexibility index (Phi) is 2.34. The van der Waals surface area contributed by atoms with Crippen LogP contribution in [0.25, 0.3) is 0 Å². The second-order valence-corrected chi connectivity index (χ2v) is 5.59. The summed E-state index contributed by atoms with van der Waals surface area (Å²) in [6.07, 6.45) is 1.39. The van der Waals surface area contributed by atoms with Crippen molar-refractivity contribution >= 4 is 11.8 Å². The van der Waals surface area contributed by atoms with E-state index in [9.17, 15) is 0 Å². The van der Waals surface area contributed by atoms with E-state index in [1.807, 2.05) is 0 Å². The second kappa shape index (κ2) is 2.77. The molecule has 0 saturated carbocycles. The molecule has 0 nitrogen and oxygen atoms in total. The Hall–Kier alpha value is 0.350. The third kappa shape index (κ3) is 1.50. The fourth-order valence-electron chi connectivity index (χ4n) is 1.52. The van der Waals surface area contributed by atoms with Gasteiger partial charge in [0.15, 0.2) is 0 Å². The number of rotatable bonds is 0. The lowest BCUT2D eigenvalue weighted by atomic mass is 9.76. The molecule has 1 aliphatic rings. The average molecular weight is 158 g/mol. The van der Waals surface area contributed by atoms with Crippen LogP contribution < -0.4 is 0 Å². The van der Waals surface area contributed by atoms with Gasteiger partial charge in [0, 0.05) is 5.25 Å². The van der Waals surface area contributed by atoms with Gasteiger partial charge >= 0.3 is 0 Å². The maximum atomic E-state index is 2.40. The summed E-state index contributed by atoms with van der Waals surface area (Å²) in [6, 6.07) is 0. The molecule has 1 fully saturated rings. The van der Waals surface area contributed by atoms with Gasteiger partial charge in [-0.05, 0) is 23.5 Å². The third-order valence-electron chi connectivity index (χ3n) is 3.06. The van der Waals surface area contributed by atoms with Crippen molar-refractivity contribution in [2.45, 2.75) is 39.4 Å². The molecule has 60 valence electrons. The molecule has 0 aromatic rings. The number of hydrogen-bond acceptors (Lipinski definition) is 1. The van der Waals surface area contributed by atoms with E-state index in [0.717, 1.165) is 11.2 Å². The Balaban J connectivity index is 2.60. The van der Waals surface area contributed by atoms with Crippen molar-refractivity contribution in [2.75, 3.05) is 5.75 Å². The Labute approximate surface area is 68.8 Å². The molecule has 0 aromatic carbocycles. The Morgan fingerprint density at radius 3 is 2.30 bits per heavy atom. The van der Waals surface area contributed by atoms with Crippen molar-refractivity contribution in [3.05, 3.63) is 0 Å². The highest BCUT2D eigenvalue weighted by atomic mass is 32.2. The summed E-state index contributed by atoms with van der Waals surface area (Å²) in [7, 11) is 0. The van der Waals surface area contributed by atoms with E-state index in [4.69, 9.17) is 0 Å². The highest BCUT2D eigenvalue weighted by molar-refractivity contribution is 7.99. The van der Waals surface area contributed by atoms with Crippen molar-refractivity contribution in [1.29, 1.82) is 0 Å². The van der Waals surface area contributed by atoms with Gasteiger partial charge in [-0.1, -0.05) is 27.7 Å². The first kappa shape index (κ1) is 8.45. The summed E-state index contributed by atoms with van der Waals surface area (Å²) in [4.78, 5) is 0. The summed E-state index contributed by atoms with van der Waals surface area (Å²) >= 11 is 2.13. The fourth-order valence-corrected chi connectivity index (χ4v) is 3.19. The number of hydrogen-bond donors (Lipinski definition) is 0. The van der Waals surface area contributed by atoms with Crippen LogP contribution in [0.4, 0.5) is 0 Å². The summed E-state index contributed by atoms with van der Waals surface area (Å²) in [6.45, 7) is 9.54. The smallest absolute Gasteiger partial charge is 0.00494 e. The van der Waals surface area contributed by atoms with E-state index in [1.165, 1.54) is 12.2 Å². The fraction of sp³-hybridized carbons (Fsp3) is 1.00. The van der Waals surface area contributed by atoms with Gasteiger partial charge in [0.1, 0.15) is 0 Å². The molecule has 1 aliphatic heterocycles. The lowest BCUT2D eigenvalue weighted by Crippen LogP contribution is -2.33. The summed E-state index contributed by atoms with van der Waals surface area (Å²) in [5, 5.41) is 0.865. The molecule has 10 heavy (non-hydrogen) atoms. The van der Waals surface area contributed by atoms with Gasteiger partial charge in [0.05, 0.1) is 0 Å². The largest absolute Gasteiger partial charge is 0.159 e. The number of thioether (sulfide) groups is 1. The van der Waals surface area contributed by atoms with E-state index in [2.05, 4.69) is 39.5 Å². The van der Waals surface area contributed by atoms with Crippen molar-refractivity contribution < 1.29 is 0 Å². The second-order valence-electron chi connectivity index (χ2n) is 4.10. The zero-order valence-electron chi connectivity index (χ0n) is 7.48. The predicted octanol–water partition coefficient (Wildman–Crippen LogP) is 3.17. The van der Waals surface area contributed by atoms with Crippen LogP contribution in [0.1, 0.15) is 34.1 Å². The molecule has 0 amide bonds. The van der Waals surface area contributed by atoms with Crippen LogP contribution in [0.15, 0.2) is 0 Å². The van der Waals surface area contributed by atoms with Crippen LogP contribution in [-0.4, -0.2) is 11.0 Å². The molecule has 2 atom stereocenters. The molecular formula is C9H18S. The van der Waals surface area contributed by atoms with Crippen LogP contribution in [0.3, 0.4) is 0 Å². The molecule has 1 heterocycles. The van der Waals surface area contributed by atoms with Crippen LogP contribution >= 0.6 is 11.8 Å². The van der Waals surface area contributed by atoms with E-state index >= 15 is 0 Å². The highest BCUT2D eigenvalue weighted by Crippen LogP contribution is 2.42. The molecule has 1 heteroatoms. The third-order valence-corrected chi connectivity index (χ3v) is 4.44. The van der Waals surface area contributed by atoms with Gasteiger partial charge in [-0.15, -0.1) is 0 Å². The Bertz CT molecular complexity index is 118. The molecule has 0 bridgehead atoms. The zero-order valence-corrected chi connectivity index (χ0v) is 8.29. The minimum absolute atomic E-state index is 0.588. The molecular weight excluding hydrogens is 140 g/mol. The van der Waals surface area contributed by atoms with E-state index in [0.29, 0.717) is 5.41 Å². The molecule has 0 aromatic heterocycles. The van der Waals surface area contributed by atoms with E-state index in [-0.39, 0.29) is 0 Å². The molecule has 0 aliphatic carbocycles. The first-order chi connectivity index (χ1) is 4.54. The van der Waals surface area contributed by atoms with Crippen molar-refractivity contribution in [3.63, 3.8) is 0 Å². The Morgan fingerprint density at radius 2 is 1.90 bits per heavy atom. The SMILES string of the molecule is CC1SCCC(C)(C)C1C. The monoisotopic (exact) mass is 158 g/mol. The molecule has 1 rings (SSSR count). The lowest BCUT2D eigenvalue weighted by Gasteiger charge is -2.40. The van der Waals surface area contributed by atoms with Gasteiger partial charge in [0.2, 0.25) is 0 Å². The lowest BCUT2D eigenvalue weighted by molar-refractivity contribution is 0.214. The van der Waals surface area contributed by atoms with Crippen molar-refractivity contribution in [2.24, 2.45) is 11.3 Å². The first-order valence-electron chi connectivity index (χ1n) is 4.15. The topological polar surface area (TPSA) is 0 Å². The van der Waals surface area contributed by atoms with Gasteiger partial charge in [-0.25, -0.2) is 0 Å². The van der Waals surface area contributed by atoms with E-state index < -0.39 is 0 Å². The van der Waals surface area contributed by atoms with E-state index in [1.54, 1.807) is 0 Å². The van der Waals surface area contributed by atoms with Gasteiger partial charge in [-0.3, -0.25) is 0 Å². The molecule has 0 radical (unpaired) electrons. The first-order valence-corrected chi connectivity index (χ1v) is 5.20. The van der Waals surface area contributed by atoms with Crippen LogP contribution in [0, 0.1) is 11.3 Å². The van der Waals surface area contributed by atoms with Crippen molar-refractivity contribution in [1.82, 2.24) is 0 Å². The normalized spacial score (nSPS) is 39.6. The van der Waals surface area contributed by atoms with Gasteiger partial charge < -0.3 is 0 Å². The van der Waals surface area contributed by atoms with Crippen LogP contribution in [-0.2, 0) is 0 Å². The maximum Gasteiger partial charge on any atom is 0.00494 e. The average Bonchev–Trinajstić information content (AvgIpc) is 1.83. The minimum Gasteiger partial charge on any atom is -0.159 e. The quantitative estimate of drug-likeness (QED) is 0.522. The molecule has 2 unspecified atom stereocenters. The standard InChI is InChI=1S/C9H18S/c1-7-8(2)10-6-5-9(7,3)4/h7-8H,5-6H2,1-4H3. The summed E-state index contributed by atoms with van der Waals surface area (Å²) in [5.74, 6) is 2.24. The van der Waals surface area contributed by atoms with Gasteiger partial charge in [0.25, 0.3) is 0 Å².